The van der Waals surface area contributed by atoms with Crippen LogP contribution in [0, 0.1) is 0 Å². The molecule has 0 aromatic carbocycles. The Morgan fingerprint density at radius 3 is 2.08 bits per heavy atom. The Labute approximate surface area is 83.0 Å². The van der Waals surface area contributed by atoms with Crippen molar-refractivity contribution < 1.29 is 0 Å². The predicted molar refractivity (Wildman–Crippen MR) is 61.9 cm³/mol. The molecule has 74 valence electrons. The van der Waals surface area contributed by atoms with Crippen molar-refractivity contribution >= 4 is 0 Å². The van der Waals surface area contributed by atoms with Crippen LogP contribution in [0.25, 0.3) is 0 Å². The first-order valence-electron chi connectivity index (χ1n) is 5.21. The van der Waals surface area contributed by atoms with E-state index in [9.17, 15) is 0 Å². The highest BCUT2D eigenvalue weighted by atomic mass is 14.0. The van der Waals surface area contributed by atoms with E-state index in [0.717, 1.165) is 12.8 Å². The SMILES string of the molecule is C=CC/C(=C/C)CC=C(CC)CC. The number of hydrogen-bond donors (Lipinski definition) is 0. The number of rotatable bonds is 6. The average molecular weight is 178 g/mol. The average Bonchev–Trinajstić information content (AvgIpc) is 2.17. The topological polar surface area (TPSA) is 0 Å². The minimum atomic E-state index is 1.02. The van der Waals surface area contributed by atoms with Gasteiger partial charge in [-0.15, -0.1) is 6.58 Å². The highest BCUT2D eigenvalue weighted by molar-refractivity contribution is 5.13. The van der Waals surface area contributed by atoms with E-state index < -0.39 is 0 Å². The van der Waals surface area contributed by atoms with Gasteiger partial charge in [-0.1, -0.05) is 43.2 Å². The highest BCUT2D eigenvalue weighted by Crippen LogP contribution is 2.13. The van der Waals surface area contributed by atoms with Crippen molar-refractivity contribution in [1.29, 1.82) is 0 Å². The Balaban J connectivity index is 4.09. The van der Waals surface area contributed by atoms with Crippen LogP contribution in [0.2, 0.25) is 0 Å². The summed E-state index contributed by atoms with van der Waals surface area (Å²) in [5.74, 6) is 0. The van der Waals surface area contributed by atoms with E-state index >= 15 is 0 Å². The first kappa shape index (κ1) is 12.2. The molecule has 0 saturated heterocycles. The third-order valence-electron chi connectivity index (χ3n) is 2.38. The molecular formula is C13H22. The van der Waals surface area contributed by atoms with Crippen LogP contribution in [0.4, 0.5) is 0 Å². The van der Waals surface area contributed by atoms with Crippen molar-refractivity contribution in [3.63, 3.8) is 0 Å². The quantitative estimate of drug-likeness (QED) is 0.519. The summed E-state index contributed by atoms with van der Waals surface area (Å²) >= 11 is 0. The molecule has 0 rings (SSSR count). The molecule has 0 aromatic rings. The first-order valence-corrected chi connectivity index (χ1v) is 5.21. The Morgan fingerprint density at radius 1 is 1.08 bits per heavy atom. The summed E-state index contributed by atoms with van der Waals surface area (Å²) in [5.41, 5.74) is 3.03. The van der Waals surface area contributed by atoms with Crippen molar-refractivity contribution in [1.82, 2.24) is 0 Å². The lowest BCUT2D eigenvalue weighted by Crippen LogP contribution is -1.82. The Hall–Kier alpha value is -0.780. The molecule has 0 heteroatoms. The van der Waals surface area contributed by atoms with Crippen LogP contribution in [0.5, 0.6) is 0 Å². The van der Waals surface area contributed by atoms with Crippen LogP contribution >= 0.6 is 0 Å². The zero-order valence-corrected chi connectivity index (χ0v) is 9.27. The van der Waals surface area contributed by atoms with Crippen LogP contribution in [-0.2, 0) is 0 Å². The summed E-state index contributed by atoms with van der Waals surface area (Å²) in [6, 6.07) is 0. The lowest BCUT2D eigenvalue weighted by Gasteiger charge is -2.02. The van der Waals surface area contributed by atoms with Crippen molar-refractivity contribution in [3.8, 4) is 0 Å². The maximum absolute atomic E-state index is 3.75. The molecule has 0 saturated carbocycles. The largest absolute Gasteiger partial charge is 0.103 e. The molecule has 0 unspecified atom stereocenters. The van der Waals surface area contributed by atoms with Gasteiger partial charge in [0.25, 0.3) is 0 Å². The van der Waals surface area contributed by atoms with E-state index in [0.29, 0.717) is 0 Å². The van der Waals surface area contributed by atoms with E-state index in [1.165, 1.54) is 18.4 Å². The molecule has 0 atom stereocenters. The minimum Gasteiger partial charge on any atom is -0.103 e. The molecule has 0 nitrogen and oxygen atoms in total. The van der Waals surface area contributed by atoms with Crippen molar-refractivity contribution in [2.45, 2.75) is 46.5 Å². The fourth-order valence-electron chi connectivity index (χ4n) is 1.32. The molecule has 0 aliphatic heterocycles. The summed E-state index contributed by atoms with van der Waals surface area (Å²) in [6.07, 6.45) is 11.0. The lowest BCUT2D eigenvalue weighted by atomic mass is 10.0. The van der Waals surface area contributed by atoms with Crippen molar-refractivity contribution in [3.05, 3.63) is 36.0 Å². The van der Waals surface area contributed by atoms with E-state index in [1.807, 2.05) is 6.08 Å². The fourth-order valence-corrected chi connectivity index (χ4v) is 1.32. The van der Waals surface area contributed by atoms with Gasteiger partial charge in [-0.25, -0.2) is 0 Å². The summed E-state index contributed by atoms with van der Waals surface area (Å²) in [4.78, 5) is 0. The van der Waals surface area contributed by atoms with Gasteiger partial charge < -0.3 is 0 Å². The summed E-state index contributed by atoms with van der Waals surface area (Å²) < 4.78 is 0. The molecule has 0 spiro atoms. The van der Waals surface area contributed by atoms with Gasteiger partial charge in [0.05, 0.1) is 0 Å². The Bertz CT molecular complexity index is 188. The second kappa shape index (κ2) is 7.85. The molecule has 0 radical (unpaired) electrons. The van der Waals surface area contributed by atoms with Gasteiger partial charge in [0.1, 0.15) is 0 Å². The fraction of sp³-hybridized carbons (Fsp3) is 0.538. The van der Waals surface area contributed by atoms with Gasteiger partial charge in [-0.05, 0) is 32.6 Å². The van der Waals surface area contributed by atoms with Gasteiger partial charge in [0.2, 0.25) is 0 Å². The summed E-state index contributed by atoms with van der Waals surface area (Å²) in [5, 5.41) is 0. The van der Waals surface area contributed by atoms with Crippen LogP contribution in [0.15, 0.2) is 36.0 Å². The number of hydrogen-bond acceptors (Lipinski definition) is 0. The second-order valence-corrected chi connectivity index (χ2v) is 3.21. The van der Waals surface area contributed by atoms with Gasteiger partial charge in [-0.3, -0.25) is 0 Å². The van der Waals surface area contributed by atoms with Crippen molar-refractivity contribution in [2.24, 2.45) is 0 Å². The van der Waals surface area contributed by atoms with Crippen molar-refractivity contribution in [2.75, 3.05) is 0 Å². The zero-order chi connectivity index (χ0) is 10.1. The molecular weight excluding hydrogens is 156 g/mol. The minimum absolute atomic E-state index is 1.02. The maximum atomic E-state index is 3.75. The van der Waals surface area contributed by atoms with E-state index in [4.69, 9.17) is 0 Å². The van der Waals surface area contributed by atoms with E-state index in [-0.39, 0.29) is 0 Å². The van der Waals surface area contributed by atoms with Crippen LogP contribution in [0.3, 0.4) is 0 Å². The zero-order valence-electron chi connectivity index (χ0n) is 9.27. The molecule has 0 heterocycles. The Morgan fingerprint density at radius 2 is 1.69 bits per heavy atom. The molecule has 0 fully saturated rings. The van der Waals surface area contributed by atoms with E-state index in [1.54, 1.807) is 5.57 Å². The lowest BCUT2D eigenvalue weighted by molar-refractivity contribution is 0.951. The summed E-state index contributed by atoms with van der Waals surface area (Å²) in [6.45, 7) is 10.3. The van der Waals surface area contributed by atoms with Gasteiger partial charge in [-0.2, -0.15) is 0 Å². The smallest absolute Gasteiger partial charge is 0.0133 e. The third-order valence-corrected chi connectivity index (χ3v) is 2.38. The number of allylic oxidation sites excluding steroid dienone is 5. The monoisotopic (exact) mass is 178 g/mol. The summed E-state index contributed by atoms with van der Waals surface area (Å²) in [7, 11) is 0. The Kier molecular flexibility index (Phi) is 7.38. The normalized spacial score (nSPS) is 11.2. The second-order valence-electron chi connectivity index (χ2n) is 3.21. The van der Waals surface area contributed by atoms with Crippen LogP contribution in [0.1, 0.15) is 46.5 Å². The molecule has 0 amide bonds. The molecule has 0 aliphatic carbocycles. The molecule has 13 heavy (non-hydrogen) atoms. The third kappa shape index (κ3) is 5.46. The highest BCUT2D eigenvalue weighted by Gasteiger charge is 1.93. The first-order chi connectivity index (χ1) is 6.28. The molecule has 0 aliphatic rings. The molecule has 0 bridgehead atoms. The standard InChI is InChI=1S/C13H22/c1-5-9-13(8-4)11-10-12(6-2)7-3/h5,8,10H,1,6-7,9,11H2,2-4H3/b13-8-. The van der Waals surface area contributed by atoms with E-state index in [2.05, 4.69) is 39.5 Å². The predicted octanol–water partition coefficient (Wildman–Crippen LogP) is 4.65. The van der Waals surface area contributed by atoms with Gasteiger partial charge in [0, 0.05) is 0 Å². The maximum Gasteiger partial charge on any atom is -0.0133 e. The molecule has 0 N–H and O–H groups in total. The van der Waals surface area contributed by atoms with Crippen LogP contribution < -0.4 is 0 Å². The van der Waals surface area contributed by atoms with Gasteiger partial charge in [0.15, 0.2) is 0 Å². The van der Waals surface area contributed by atoms with Crippen LogP contribution in [-0.4, -0.2) is 0 Å². The van der Waals surface area contributed by atoms with Gasteiger partial charge >= 0.3 is 0 Å². The molecule has 0 aromatic heterocycles.